The summed E-state index contributed by atoms with van der Waals surface area (Å²) in [5.74, 6) is 0.508. The smallest absolute Gasteiger partial charge is 0.241 e. The summed E-state index contributed by atoms with van der Waals surface area (Å²) in [5, 5.41) is 3.03. The van der Waals surface area contributed by atoms with Crippen molar-refractivity contribution < 1.29 is 9.53 Å². The zero-order chi connectivity index (χ0) is 11.4. The van der Waals surface area contributed by atoms with E-state index in [0.29, 0.717) is 12.5 Å². The molecule has 4 heteroatoms. The average molecular weight is 214 g/mol. The average Bonchev–Trinajstić information content (AvgIpc) is 2.55. The fourth-order valence-corrected chi connectivity index (χ4v) is 2.04. The molecule has 1 rings (SSSR count). The highest BCUT2D eigenvalue weighted by Crippen LogP contribution is 2.20. The van der Waals surface area contributed by atoms with Crippen LogP contribution in [0.15, 0.2) is 0 Å². The van der Waals surface area contributed by atoms with Crippen LogP contribution in [0, 0.1) is 5.92 Å². The lowest BCUT2D eigenvalue weighted by Crippen LogP contribution is -2.45. The maximum absolute atomic E-state index is 11.9. The number of likely N-dealkylation sites (N-methyl/N-ethyl adjacent to an activating group) is 1. The van der Waals surface area contributed by atoms with Gasteiger partial charge in [0.2, 0.25) is 5.91 Å². The maximum atomic E-state index is 11.9. The van der Waals surface area contributed by atoms with Gasteiger partial charge in [0.1, 0.15) is 6.23 Å². The number of hydrogen-bond acceptors (Lipinski definition) is 3. The SMILES string of the molecule is CCOC(C(C)C)N1CCC(NC)C1=O. The standard InChI is InChI=1S/C11H22N2O2/c1-5-15-11(8(2)3)13-7-6-9(12-4)10(13)14/h8-9,11-12H,5-7H2,1-4H3. The topological polar surface area (TPSA) is 41.6 Å². The molecule has 4 nitrogen and oxygen atoms in total. The summed E-state index contributed by atoms with van der Waals surface area (Å²) in [6.07, 6.45) is 0.812. The first-order valence-corrected chi connectivity index (χ1v) is 5.71. The summed E-state index contributed by atoms with van der Waals surface area (Å²) in [4.78, 5) is 13.8. The lowest BCUT2D eigenvalue weighted by atomic mass is 10.1. The van der Waals surface area contributed by atoms with Crippen LogP contribution in [0.4, 0.5) is 0 Å². The second-order valence-corrected chi connectivity index (χ2v) is 4.25. The normalized spacial score (nSPS) is 23.9. The van der Waals surface area contributed by atoms with Crippen LogP contribution in [0.3, 0.4) is 0 Å². The van der Waals surface area contributed by atoms with E-state index in [1.807, 2.05) is 18.9 Å². The molecule has 1 aliphatic rings. The Labute approximate surface area is 92.0 Å². The van der Waals surface area contributed by atoms with E-state index >= 15 is 0 Å². The molecule has 0 aliphatic carbocycles. The van der Waals surface area contributed by atoms with Crippen molar-refractivity contribution >= 4 is 5.91 Å². The highest BCUT2D eigenvalue weighted by atomic mass is 16.5. The highest BCUT2D eigenvalue weighted by molar-refractivity contribution is 5.84. The predicted molar refractivity (Wildman–Crippen MR) is 59.4 cm³/mol. The van der Waals surface area contributed by atoms with Crippen LogP contribution in [0.5, 0.6) is 0 Å². The Morgan fingerprint density at radius 1 is 1.60 bits per heavy atom. The van der Waals surface area contributed by atoms with E-state index in [4.69, 9.17) is 4.74 Å². The zero-order valence-electron chi connectivity index (χ0n) is 10.1. The van der Waals surface area contributed by atoms with Gasteiger partial charge in [0, 0.05) is 13.2 Å². The van der Waals surface area contributed by atoms with E-state index in [1.165, 1.54) is 0 Å². The number of nitrogens with zero attached hydrogens (tertiary/aromatic N) is 1. The van der Waals surface area contributed by atoms with Gasteiger partial charge in [0.25, 0.3) is 0 Å². The van der Waals surface area contributed by atoms with Crippen molar-refractivity contribution in [1.29, 1.82) is 0 Å². The molecular weight excluding hydrogens is 192 g/mol. The van der Waals surface area contributed by atoms with E-state index in [0.717, 1.165) is 13.0 Å². The highest BCUT2D eigenvalue weighted by Gasteiger charge is 2.36. The van der Waals surface area contributed by atoms with Crippen molar-refractivity contribution in [3.8, 4) is 0 Å². The van der Waals surface area contributed by atoms with Crippen LogP contribution in [0.25, 0.3) is 0 Å². The van der Waals surface area contributed by atoms with Crippen molar-refractivity contribution in [3.63, 3.8) is 0 Å². The fraction of sp³-hybridized carbons (Fsp3) is 0.909. The quantitative estimate of drug-likeness (QED) is 0.737. The summed E-state index contributed by atoms with van der Waals surface area (Å²) < 4.78 is 5.63. The van der Waals surface area contributed by atoms with E-state index in [2.05, 4.69) is 19.2 Å². The largest absolute Gasteiger partial charge is 0.358 e. The number of carbonyl (C=O) groups excluding carboxylic acids is 1. The van der Waals surface area contributed by atoms with Crippen molar-refractivity contribution in [1.82, 2.24) is 10.2 Å². The van der Waals surface area contributed by atoms with Crippen LogP contribution in [-0.4, -0.2) is 43.3 Å². The van der Waals surface area contributed by atoms with E-state index in [-0.39, 0.29) is 18.2 Å². The molecule has 1 heterocycles. The minimum absolute atomic E-state index is 0.0216. The Morgan fingerprint density at radius 2 is 2.27 bits per heavy atom. The van der Waals surface area contributed by atoms with Gasteiger partial charge < -0.3 is 15.0 Å². The minimum atomic E-state index is -0.0687. The first kappa shape index (κ1) is 12.5. The molecule has 0 bridgehead atoms. The first-order chi connectivity index (χ1) is 7.11. The molecule has 0 radical (unpaired) electrons. The number of rotatable bonds is 5. The van der Waals surface area contributed by atoms with Gasteiger partial charge in [-0.3, -0.25) is 4.79 Å². The molecule has 0 aromatic rings. The molecule has 1 saturated heterocycles. The Kier molecular flexibility index (Phi) is 4.54. The number of ether oxygens (including phenoxy) is 1. The molecule has 0 aromatic heterocycles. The lowest BCUT2D eigenvalue weighted by Gasteiger charge is -2.30. The van der Waals surface area contributed by atoms with Crippen LogP contribution in [0.2, 0.25) is 0 Å². The van der Waals surface area contributed by atoms with Crippen LogP contribution < -0.4 is 5.32 Å². The van der Waals surface area contributed by atoms with Gasteiger partial charge in [0.15, 0.2) is 0 Å². The Balaban J connectivity index is 2.65. The zero-order valence-corrected chi connectivity index (χ0v) is 10.1. The number of nitrogens with one attached hydrogen (secondary N) is 1. The molecule has 0 saturated carbocycles. The monoisotopic (exact) mass is 214 g/mol. The van der Waals surface area contributed by atoms with Crippen molar-refractivity contribution in [2.75, 3.05) is 20.2 Å². The lowest BCUT2D eigenvalue weighted by molar-refractivity contribution is -0.146. The molecule has 1 fully saturated rings. The number of likely N-dealkylation sites (tertiary alicyclic amines) is 1. The summed E-state index contributed by atoms with van der Waals surface area (Å²) >= 11 is 0. The number of amides is 1. The predicted octanol–water partition coefficient (Wildman–Crippen LogP) is 0.825. The number of hydrogen-bond donors (Lipinski definition) is 1. The van der Waals surface area contributed by atoms with Gasteiger partial charge in [-0.2, -0.15) is 0 Å². The van der Waals surface area contributed by atoms with Gasteiger partial charge in [-0.15, -0.1) is 0 Å². The van der Waals surface area contributed by atoms with Crippen molar-refractivity contribution in [2.24, 2.45) is 5.92 Å². The Bertz CT molecular complexity index is 219. The first-order valence-electron chi connectivity index (χ1n) is 5.71. The molecule has 0 aromatic carbocycles. The summed E-state index contributed by atoms with van der Waals surface area (Å²) in [6.45, 7) is 7.58. The molecule has 1 N–H and O–H groups in total. The van der Waals surface area contributed by atoms with E-state index < -0.39 is 0 Å². The third-order valence-electron chi connectivity index (χ3n) is 2.80. The van der Waals surface area contributed by atoms with Gasteiger partial charge in [-0.1, -0.05) is 13.8 Å². The number of carbonyl (C=O) groups is 1. The van der Waals surface area contributed by atoms with Crippen LogP contribution in [0.1, 0.15) is 27.2 Å². The third-order valence-corrected chi connectivity index (χ3v) is 2.80. The molecule has 0 spiro atoms. The van der Waals surface area contributed by atoms with Gasteiger partial charge in [-0.05, 0) is 26.3 Å². The fourth-order valence-electron chi connectivity index (χ4n) is 2.04. The summed E-state index contributed by atoms with van der Waals surface area (Å²) in [5.41, 5.74) is 0. The van der Waals surface area contributed by atoms with Gasteiger partial charge in [0.05, 0.1) is 6.04 Å². The van der Waals surface area contributed by atoms with E-state index in [1.54, 1.807) is 0 Å². The summed E-state index contributed by atoms with van der Waals surface area (Å²) in [7, 11) is 1.83. The molecular formula is C11H22N2O2. The molecule has 88 valence electrons. The minimum Gasteiger partial charge on any atom is -0.358 e. The third kappa shape index (κ3) is 2.69. The van der Waals surface area contributed by atoms with Crippen LogP contribution >= 0.6 is 0 Å². The van der Waals surface area contributed by atoms with Gasteiger partial charge >= 0.3 is 0 Å². The Hall–Kier alpha value is -0.610. The maximum Gasteiger partial charge on any atom is 0.241 e. The van der Waals surface area contributed by atoms with E-state index in [9.17, 15) is 4.79 Å². The van der Waals surface area contributed by atoms with Crippen molar-refractivity contribution in [2.45, 2.75) is 39.5 Å². The molecule has 2 atom stereocenters. The summed E-state index contributed by atoms with van der Waals surface area (Å²) in [6, 6.07) is -0.0216. The molecule has 2 unspecified atom stereocenters. The van der Waals surface area contributed by atoms with Crippen LogP contribution in [-0.2, 0) is 9.53 Å². The molecule has 1 aliphatic heterocycles. The molecule has 15 heavy (non-hydrogen) atoms. The van der Waals surface area contributed by atoms with Crippen molar-refractivity contribution in [3.05, 3.63) is 0 Å². The Morgan fingerprint density at radius 3 is 2.67 bits per heavy atom. The second-order valence-electron chi connectivity index (χ2n) is 4.25. The second kappa shape index (κ2) is 5.47. The van der Waals surface area contributed by atoms with Gasteiger partial charge in [-0.25, -0.2) is 0 Å². The molecule has 1 amide bonds.